The van der Waals surface area contributed by atoms with Crippen LogP contribution in [-0.2, 0) is 9.59 Å². The van der Waals surface area contributed by atoms with E-state index in [2.05, 4.69) is 6.92 Å². The molecule has 0 aromatic heterocycles. The van der Waals surface area contributed by atoms with Crippen LogP contribution in [0.25, 0.3) is 0 Å². The lowest BCUT2D eigenvalue weighted by Crippen LogP contribution is -2.53. The zero-order valence-corrected chi connectivity index (χ0v) is 19.6. The predicted octanol–water partition coefficient (Wildman–Crippen LogP) is 7.76. The maximum atomic E-state index is 12.2. The van der Waals surface area contributed by atoms with E-state index in [9.17, 15) is 19.8 Å². The molecule has 4 heteroatoms. The molecule has 0 aliphatic heterocycles. The fourth-order valence-electron chi connectivity index (χ4n) is 5.25. The molecule has 1 rings (SSSR count). The summed E-state index contributed by atoms with van der Waals surface area (Å²) in [6.45, 7) is 4.07. The molecule has 1 aliphatic carbocycles. The summed E-state index contributed by atoms with van der Waals surface area (Å²) in [6.07, 6.45) is 22.8. The Morgan fingerprint density at radius 1 is 0.633 bits per heavy atom. The third-order valence-corrected chi connectivity index (χ3v) is 7.39. The van der Waals surface area contributed by atoms with Gasteiger partial charge in [-0.05, 0) is 25.7 Å². The van der Waals surface area contributed by atoms with E-state index in [1.54, 1.807) is 0 Å². The minimum atomic E-state index is -1.18. The predicted molar refractivity (Wildman–Crippen MR) is 124 cm³/mol. The molecule has 0 radical (unpaired) electrons. The second-order valence-electron chi connectivity index (χ2n) is 9.35. The maximum absolute atomic E-state index is 12.2. The summed E-state index contributed by atoms with van der Waals surface area (Å²) in [6, 6.07) is 0. The van der Waals surface area contributed by atoms with Gasteiger partial charge in [0.25, 0.3) is 0 Å². The van der Waals surface area contributed by atoms with E-state index < -0.39 is 22.8 Å². The van der Waals surface area contributed by atoms with Gasteiger partial charge in [0.05, 0.1) is 10.8 Å². The molecule has 1 aliphatic rings. The van der Waals surface area contributed by atoms with Crippen molar-refractivity contribution in [3.63, 3.8) is 0 Å². The molecule has 0 heterocycles. The fraction of sp³-hybridized carbons (Fsp3) is 0.846. The first-order valence-corrected chi connectivity index (χ1v) is 12.6. The molecule has 2 unspecified atom stereocenters. The van der Waals surface area contributed by atoms with Crippen molar-refractivity contribution >= 4 is 11.9 Å². The number of carboxylic acid groups (broad SMARTS) is 2. The Morgan fingerprint density at radius 3 is 1.37 bits per heavy atom. The zero-order valence-electron chi connectivity index (χ0n) is 19.6. The molecular formula is C26H46O4. The molecule has 0 fully saturated rings. The number of rotatable bonds is 18. The summed E-state index contributed by atoms with van der Waals surface area (Å²) in [7, 11) is 0. The van der Waals surface area contributed by atoms with Crippen LogP contribution >= 0.6 is 0 Å². The summed E-state index contributed by atoms with van der Waals surface area (Å²) in [5.74, 6) is -1.90. The van der Waals surface area contributed by atoms with Crippen LogP contribution in [0.3, 0.4) is 0 Å². The quantitative estimate of drug-likeness (QED) is 0.175. The maximum Gasteiger partial charge on any atom is 0.311 e. The average molecular weight is 423 g/mol. The van der Waals surface area contributed by atoms with Crippen LogP contribution in [-0.4, -0.2) is 22.2 Å². The Hall–Kier alpha value is -1.32. The van der Waals surface area contributed by atoms with Crippen LogP contribution in [0.15, 0.2) is 12.2 Å². The van der Waals surface area contributed by atoms with Gasteiger partial charge in [0.15, 0.2) is 0 Å². The summed E-state index contributed by atoms with van der Waals surface area (Å²) < 4.78 is 0. The van der Waals surface area contributed by atoms with E-state index in [4.69, 9.17) is 0 Å². The lowest BCUT2D eigenvalue weighted by atomic mass is 9.54. The largest absolute Gasteiger partial charge is 0.481 e. The van der Waals surface area contributed by atoms with Gasteiger partial charge in [0, 0.05) is 0 Å². The van der Waals surface area contributed by atoms with Gasteiger partial charge in [0.2, 0.25) is 0 Å². The highest BCUT2D eigenvalue weighted by molar-refractivity contribution is 5.87. The number of carboxylic acids is 2. The van der Waals surface area contributed by atoms with Gasteiger partial charge in [-0.2, -0.15) is 0 Å². The lowest BCUT2D eigenvalue weighted by molar-refractivity contribution is -0.176. The first-order valence-electron chi connectivity index (χ1n) is 12.6. The molecule has 0 aromatic carbocycles. The number of hydrogen-bond donors (Lipinski definition) is 2. The van der Waals surface area contributed by atoms with E-state index >= 15 is 0 Å². The van der Waals surface area contributed by atoms with Crippen molar-refractivity contribution in [2.45, 2.75) is 129 Å². The molecule has 4 nitrogen and oxygen atoms in total. The Kier molecular flexibility index (Phi) is 13.0. The Labute approximate surface area is 184 Å². The molecule has 2 N–H and O–H groups in total. The zero-order chi connectivity index (χ0) is 22.3. The minimum absolute atomic E-state index is 0.323. The lowest BCUT2D eigenvalue weighted by Gasteiger charge is -2.46. The van der Waals surface area contributed by atoms with Crippen molar-refractivity contribution in [1.82, 2.24) is 0 Å². The Balaban J connectivity index is 2.25. The third-order valence-electron chi connectivity index (χ3n) is 7.39. The van der Waals surface area contributed by atoms with Gasteiger partial charge in [-0.25, -0.2) is 0 Å². The monoisotopic (exact) mass is 422 g/mol. The van der Waals surface area contributed by atoms with Crippen molar-refractivity contribution < 1.29 is 19.8 Å². The van der Waals surface area contributed by atoms with Crippen LogP contribution < -0.4 is 0 Å². The topological polar surface area (TPSA) is 74.6 Å². The molecule has 174 valence electrons. The number of hydrogen-bond acceptors (Lipinski definition) is 2. The number of carbonyl (C=O) groups is 2. The third kappa shape index (κ3) is 7.42. The summed E-state index contributed by atoms with van der Waals surface area (Å²) in [5.41, 5.74) is -2.34. The Bertz CT molecular complexity index is 527. The molecule has 2 atom stereocenters. The molecule has 0 aromatic rings. The van der Waals surface area contributed by atoms with Crippen LogP contribution in [0.2, 0.25) is 0 Å². The summed E-state index contributed by atoms with van der Waals surface area (Å²) in [4.78, 5) is 24.3. The standard InChI is InChI=1S/C26H46O4/c1-3-5-6-7-8-9-10-11-12-13-14-15-16-17-21-26(24(29)30)22-19-18-20-25(26,4-2)23(27)28/h18-19H,3-17,20-22H2,1-2H3,(H,27,28)(H,29,30). The molecule has 0 bridgehead atoms. The van der Waals surface area contributed by atoms with Crippen LogP contribution in [0, 0.1) is 10.8 Å². The van der Waals surface area contributed by atoms with E-state index in [0.717, 1.165) is 19.3 Å². The fourth-order valence-corrected chi connectivity index (χ4v) is 5.25. The van der Waals surface area contributed by atoms with Crippen LogP contribution in [0.5, 0.6) is 0 Å². The number of allylic oxidation sites excluding steroid dienone is 2. The Morgan fingerprint density at radius 2 is 1.00 bits per heavy atom. The normalized spacial score (nSPS) is 23.5. The van der Waals surface area contributed by atoms with Crippen LogP contribution in [0.4, 0.5) is 0 Å². The summed E-state index contributed by atoms with van der Waals surface area (Å²) >= 11 is 0. The highest BCUT2D eigenvalue weighted by Gasteiger charge is 2.59. The van der Waals surface area contributed by atoms with Gasteiger partial charge >= 0.3 is 11.9 Å². The van der Waals surface area contributed by atoms with E-state index in [0.29, 0.717) is 25.7 Å². The minimum Gasteiger partial charge on any atom is -0.481 e. The highest BCUT2D eigenvalue weighted by Crippen LogP contribution is 2.54. The SMILES string of the molecule is CCCCCCCCCCCCCCCCC1(C(=O)O)CC=CCC1(CC)C(=O)O. The van der Waals surface area contributed by atoms with Crippen molar-refractivity contribution in [2.24, 2.45) is 10.8 Å². The van der Waals surface area contributed by atoms with Gasteiger partial charge in [-0.15, -0.1) is 0 Å². The molecule has 0 saturated heterocycles. The second-order valence-corrected chi connectivity index (χ2v) is 9.35. The van der Waals surface area contributed by atoms with Gasteiger partial charge < -0.3 is 10.2 Å². The van der Waals surface area contributed by atoms with Gasteiger partial charge in [-0.1, -0.05) is 116 Å². The number of unbranched alkanes of at least 4 members (excludes halogenated alkanes) is 13. The molecule has 0 spiro atoms. The van der Waals surface area contributed by atoms with Crippen molar-refractivity contribution in [3.05, 3.63) is 12.2 Å². The smallest absolute Gasteiger partial charge is 0.311 e. The van der Waals surface area contributed by atoms with Crippen LogP contribution in [0.1, 0.15) is 129 Å². The highest BCUT2D eigenvalue weighted by atomic mass is 16.4. The molecule has 0 amide bonds. The summed E-state index contributed by atoms with van der Waals surface area (Å²) in [5, 5.41) is 19.9. The van der Waals surface area contributed by atoms with Gasteiger partial charge in [-0.3, -0.25) is 9.59 Å². The first kappa shape index (κ1) is 26.7. The van der Waals surface area contributed by atoms with Crippen molar-refractivity contribution in [1.29, 1.82) is 0 Å². The average Bonchev–Trinajstić information content (AvgIpc) is 2.73. The molecule has 30 heavy (non-hydrogen) atoms. The van der Waals surface area contributed by atoms with Crippen molar-refractivity contribution in [3.8, 4) is 0 Å². The van der Waals surface area contributed by atoms with E-state index in [1.165, 1.54) is 70.6 Å². The van der Waals surface area contributed by atoms with E-state index in [1.807, 2.05) is 19.1 Å². The molecule has 0 saturated carbocycles. The molecular weight excluding hydrogens is 376 g/mol. The first-order chi connectivity index (χ1) is 14.5. The van der Waals surface area contributed by atoms with Gasteiger partial charge in [0.1, 0.15) is 0 Å². The van der Waals surface area contributed by atoms with Crippen molar-refractivity contribution in [2.75, 3.05) is 0 Å². The number of aliphatic carboxylic acids is 2. The van der Waals surface area contributed by atoms with E-state index in [-0.39, 0.29) is 0 Å². The second kappa shape index (κ2) is 14.6.